The maximum atomic E-state index is 11.7. The third kappa shape index (κ3) is 3.98. The van der Waals surface area contributed by atoms with Crippen LogP contribution in [0.4, 0.5) is 0 Å². The fourth-order valence-electron chi connectivity index (χ4n) is 1.79. The van der Waals surface area contributed by atoms with Crippen molar-refractivity contribution in [2.45, 2.75) is 18.9 Å². The molecular formula is C14H20N4O. The molecule has 0 aliphatic heterocycles. The van der Waals surface area contributed by atoms with Gasteiger partial charge in [-0.25, -0.2) is 0 Å². The first-order valence-corrected chi connectivity index (χ1v) is 6.54. The molecule has 5 heteroatoms. The van der Waals surface area contributed by atoms with Crippen LogP contribution in [-0.4, -0.2) is 42.9 Å². The molecule has 0 heterocycles. The molecule has 102 valence electrons. The first kappa shape index (κ1) is 13.4. The lowest BCUT2D eigenvalue weighted by atomic mass is 10.2. The molecule has 19 heavy (non-hydrogen) atoms. The number of benzene rings is 1. The number of hydrogen-bond acceptors (Lipinski definition) is 2. The van der Waals surface area contributed by atoms with E-state index in [1.165, 1.54) is 12.8 Å². The number of nitrogens with two attached hydrogens (primary N) is 1. The van der Waals surface area contributed by atoms with Crippen molar-refractivity contribution in [2.75, 3.05) is 20.1 Å². The van der Waals surface area contributed by atoms with E-state index in [4.69, 9.17) is 5.73 Å². The predicted molar refractivity (Wildman–Crippen MR) is 76.0 cm³/mol. The molecule has 0 aromatic heterocycles. The Morgan fingerprint density at radius 1 is 1.42 bits per heavy atom. The second-order valence-electron chi connectivity index (χ2n) is 4.70. The van der Waals surface area contributed by atoms with Gasteiger partial charge in [0, 0.05) is 25.2 Å². The van der Waals surface area contributed by atoms with E-state index in [9.17, 15) is 4.79 Å². The van der Waals surface area contributed by atoms with Crippen molar-refractivity contribution in [3.8, 4) is 0 Å². The van der Waals surface area contributed by atoms with Gasteiger partial charge in [-0.05, 0) is 25.0 Å². The monoisotopic (exact) mass is 260 g/mol. The molecule has 1 aliphatic carbocycles. The molecule has 1 aromatic carbocycles. The van der Waals surface area contributed by atoms with Crippen molar-refractivity contribution in [1.29, 1.82) is 0 Å². The Balaban J connectivity index is 1.71. The van der Waals surface area contributed by atoms with Crippen LogP contribution in [0.15, 0.2) is 35.3 Å². The van der Waals surface area contributed by atoms with Crippen molar-refractivity contribution in [3.05, 3.63) is 35.9 Å². The van der Waals surface area contributed by atoms with Gasteiger partial charge in [-0.2, -0.15) is 0 Å². The van der Waals surface area contributed by atoms with Gasteiger partial charge >= 0.3 is 0 Å². The SMILES string of the molecule is CN(C(N)=NCCNC(=O)c1ccccc1)C1CC1. The highest BCUT2D eigenvalue weighted by Gasteiger charge is 2.27. The highest BCUT2D eigenvalue weighted by atomic mass is 16.1. The first-order chi connectivity index (χ1) is 9.18. The van der Waals surface area contributed by atoms with Crippen LogP contribution in [0, 0.1) is 0 Å². The Hall–Kier alpha value is -2.04. The normalized spacial score (nSPS) is 15.1. The second kappa shape index (κ2) is 6.22. The first-order valence-electron chi connectivity index (χ1n) is 6.54. The van der Waals surface area contributed by atoms with Crippen LogP contribution in [0.3, 0.4) is 0 Å². The Kier molecular flexibility index (Phi) is 4.39. The van der Waals surface area contributed by atoms with Gasteiger partial charge in [0.15, 0.2) is 5.96 Å². The zero-order valence-corrected chi connectivity index (χ0v) is 11.2. The molecule has 1 fully saturated rings. The second-order valence-corrected chi connectivity index (χ2v) is 4.70. The molecular weight excluding hydrogens is 240 g/mol. The molecule has 0 spiro atoms. The molecule has 0 saturated heterocycles. The number of rotatable bonds is 5. The van der Waals surface area contributed by atoms with Crippen LogP contribution in [0.1, 0.15) is 23.2 Å². The molecule has 1 amide bonds. The Morgan fingerprint density at radius 3 is 2.74 bits per heavy atom. The summed E-state index contributed by atoms with van der Waals surface area (Å²) in [5.74, 6) is 0.473. The summed E-state index contributed by atoms with van der Waals surface area (Å²) in [4.78, 5) is 18.0. The zero-order valence-electron chi connectivity index (χ0n) is 11.2. The Bertz CT molecular complexity index is 454. The summed E-state index contributed by atoms with van der Waals surface area (Å²) >= 11 is 0. The van der Waals surface area contributed by atoms with Crippen LogP contribution in [0.5, 0.6) is 0 Å². The molecule has 1 aliphatic rings. The highest BCUT2D eigenvalue weighted by Crippen LogP contribution is 2.24. The summed E-state index contributed by atoms with van der Waals surface area (Å²) in [6, 6.07) is 9.70. The van der Waals surface area contributed by atoms with Gasteiger partial charge in [-0.15, -0.1) is 0 Å². The summed E-state index contributed by atoms with van der Waals surface area (Å²) in [5.41, 5.74) is 6.51. The van der Waals surface area contributed by atoms with Crippen molar-refractivity contribution in [3.63, 3.8) is 0 Å². The van der Waals surface area contributed by atoms with Crippen molar-refractivity contribution < 1.29 is 4.79 Å². The lowest BCUT2D eigenvalue weighted by molar-refractivity contribution is 0.0955. The summed E-state index contributed by atoms with van der Waals surface area (Å²) in [6.45, 7) is 0.994. The molecule has 0 bridgehead atoms. The average molecular weight is 260 g/mol. The Morgan fingerprint density at radius 2 is 2.11 bits per heavy atom. The van der Waals surface area contributed by atoms with Gasteiger partial charge in [-0.1, -0.05) is 18.2 Å². The summed E-state index contributed by atoms with van der Waals surface area (Å²) in [7, 11) is 1.96. The van der Waals surface area contributed by atoms with Gasteiger partial charge in [0.2, 0.25) is 0 Å². The Labute approximate surface area is 113 Å². The molecule has 0 atom stereocenters. The summed E-state index contributed by atoms with van der Waals surface area (Å²) in [6.07, 6.45) is 2.38. The molecule has 5 nitrogen and oxygen atoms in total. The number of guanidine groups is 1. The third-order valence-corrected chi connectivity index (χ3v) is 3.16. The van der Waals surface area contributed by atoms with Crippen molar-refractivity contribution in [1.82, 2.24) is 10.2 Å². The number of carbonyl (C=O) groups is 1. The maximum Gasteiger partial charge on any atom is 0.251 e. The standard InChI is InChI=1S/C14H20N4O/c1-18(12-7-8-12)14(15)17-10-9-16-13(19)11-5-3-2-4-6-11/h2-6,12H,7-10H2,1H3,(H2,15,17)(H,16,19). The quantitative estimate of drug-likeness (QED) is 0.468. The van der Waals surface area contributed by atoms with Gasteiger partial charge in [0.05, 0.1) is 6.54 Å². The maximum absolute atomic E-state index is 11.7. The fraction of sp³-hybridized carbons (Fsp3) is 0.429. The number of nitrogens with one attached hydrogen (secondary N) is 1. The number of hydrogen-bond donors (Lipinski definition) is 2. The van der Waals surface area contributed by atoms with E-state index in [1.54, 1.807) is 12.1 Å². The van der Waals surface area contributed by atoms with Crippen LogP contribution in [0.25, 0.3) is 0 Å². The number of nitrogens with zero attached hydrogens (tertiary/aromatic N) is 2. The van der Waals surface area contributed by atoms with Gasteiger partial charge in [0.1, 0.15) is 0 Å². The zero-order chi connectivity index (χ0) is 13.7. The van der Waals surface area contributed by atoms with Gasteiger partial charge < -0.3 is 16.0 Å². The van der Waals surface area contributed by atoms with Gasteiger partial charge in [0.25, 0.3) is 5.91 Å². The minimum Gasteiger partial charge on any atom is -0.370 e. The fourth-order valence-corrected chi connectivity index (χ4v) is 1.79. The molecule has 2 rings (SSSR count). The molecule has 0 radical (unpaired) electrons. The van der Waals surface area contributed by atoms with E-state index in [-0.39, 0.29) is 5.91 Å². The number of aliphatic imine (C=N–C) groups is 1. The lowest BCUT2D eigenvalue weighted by Gasteiger charge is -2.16. The van der Waals surface area contributed by atoms with E-state index < -0.39 is 0 Å². The number of carbonyl (C=O) groups excluding carboxylic acids is 1. The smallest absolute Gasteiger partial charge is 0.251 e. The van der Waals surface area contributed by atoms with Crippen LogP contribution in [-0.2, 0) is 0 Å². The van der Waals surface area contributed by atoms with E-state index in [1.807, 2.05) is 30.1 Å². The summed E-state index contributed by atoms with van der Waals surface area (Å²) in [5, 5.41) is 2.82. The molecule has 3 N–H and O–H groups in total. The average Bonchev–Trinajstić information content (AvgIpc) is 3.27. The van der Waals surface area contributed by atoms with E-state index in [0.29, 0.717) is 30.7 Å². The van der Waals surface area contributed by atoms with Crippen LogP contribution in [0.2, 0.25) is 0 Å². The molecule has 1 aromatic rings. The minimum absolute atomic E-state index is 0.0788. The van der Waals surface area contributed by atoms with Crippen molar-refractivity contribution >= 4 is 11.9 Å². The van der Waals surface area contributed by atoms with Gasteiger partial charge in [-0.3, -0.25) is 9.79 Å². The van der Waals surface area contributed by atoms with Crippen LogP contribution < -0.4 is 11.1 Å². The predicted octanol–water partition coefficient (Wildman–Crippen LogP) is 0.825. The van der Waals surface area contributed by atoms with Crippen LogP contribution >= 0.6 is 0 Å². The minimum atomic E-state index is -0.0788. The number of amides is 1. The third-order valence-electron chi connectivity index (χ3n) is 3.16. The topological polar surface area (TPSA) is 70.7 Å². The highest BCUT2D eigenvalue weighted by molar-refractivity contribution is 5.94. The van der Waals surface area contributed by atoms with E-state index in [0.717, 1.165) is 0 Å². The van der Waals surface area contributed by atoms with E-state index >= 15 is 0 Å². The molecule has 0 unspecified atom stereocenters. The van der Waals surface area contributed by atoms with E-state index in [2.05, 4.69) is 10.3 Å². The largest absolute Gasteiger partial charge is 0.370 e. The summed E-state index contributed by atoms with van der Waals surface area (Å²) < 4.78 is 0. The van der Waals surface area contributed by atoms with Crippen molar-refractivity contribution in [2.24, 2.45) is 10.7 Å². The molecule has 1 saturated carbocycles. The lowest BCUT2D eigenvalue weighted by Crippen LogP contribution is -2.36.